The van der Waals surface area contributed by atoms with Gasteiger partial charge in [0, 0.05) is 47.3 Å². The van der Waals surface area contributed by atoms with Gasteiger partial charge in [-0.3, -0.25) is 9.78 Å². The fourth-order valence-electron chi connectivity index (χ4n) is 11.1. The van der Waals surface area contributed by atoms with Crippen molar-refractivity contribution in [3.05, 3.63) is 474 Å². The average Bonchev–Trinajstić information content (AvgIpc) is 0.834. The molecule has 568 valence electrons. The molecular weight excluding hydrogens is 1830 g/mol. The molecule has 7 nitrogen and oxygen atoms in total. The zero-order chi connectivity index (χ0) is 78.6. The van der Waals surface area contributed by atoms with Crippen LogP contribution in [-0.4, -0.2) is 33.6 Å². The van der Waals surface area contributed by atoms with Gasteiger partial charge in [-0.1, -0.05) is 425 Å². The normalized spacial score (nSPS) is 9.88. The molecule has 16 rings (SSSR count). The first kappa shape index (κ1) is 97.7. The Hall–Kier alpha value is -6.11. The summed E-state index contributed by atoms with van der Waals surface area (Å²) in [6.45, 7) is 3.91. The molecule has 0 unspecified atom stereocenters. The first-order chi connectivity index (χ1) is 55.0. The van der Waals surface area contributed by atoms with E-state index in [9.17, 15) is 0 Å². The smallest absolute Gasteiger partial charge is 1.00 e. The Morgan fingerprint density at radius 3 is 0.643 bits per heavy atom. The second-order valence-electron chi connectivity index (χ2n) is 24.3. The minimum atomic E-state index is -1.34. The van der Waals surface area contributed by atoms with E-state index >= 15 is 0 Å². The van der Waals surface area contributed by atoms with Crippen LogP contribution in [0.25, 0.3) is 11.3 Å². The van der Waals surface area contributed by atoms with E-state index in [0.29, 0.717) is 5.46 Å². The maximum atomic E-state index is 8.64. The van der Waals surface area contributed by atoms with Crippen molar-refractivity contribution in [3.8, 4) is 11.3 Å². The van der Waals surface area contributed by atoms with Gasteiger partial charge in [0.25, 0.3) is 6.47 Å². The van der Waals surface area contributed by atoms with E-state index in [1.165, 1.54) is 74.8 Å². The van der Waals surface area contributed by atoms with Gasteiger partial charge < -0.3 is 21.6 Å². The van der Waals surface area contributed by atoms with E-state index in [-0.39, 0.29) is 131 Å². The summed E-state index contributed by atoms with van der Waals surface area (Å²) in [5, 5.41) is 42.4. The van der Waals surface area contributed by atoms with Crippen molar-refractivity contribution in [2.24, 2.45) is 0 Å². The summed E-state index contributed by atoms with van der Waals surface area (Å²) < 4.78 is 2.98. The van der Waals surface area contributed by atoms with Gasteiger partial charge in [0.05, 0.1) is 5.69 Å². The Bertz CT molecular complexity index is 4380. The van der Waals surface area contributed by atoms with Crippen molar-refractivity contribution in [2.45, 2.75) is 13.8 Å². The zero-order valence-electron chi connectivity index (χ0n) is 65.1. The number of hydrogen-bond donors (Lipinski definition) is 2. The van der Waals surface area contributed by atoms with Crippen LogP contribution in [0.5, 0.6) is 0 Å². The Kier molecular flexibility index (Phi) is 48.5. The predicted molar refractivity (Wildman–Crippen MR) is 492 cm³/mol. The Morgan fingerprint density at radius 2 is 0.487 bits per heavy atom. The fraction of sp³-hybridized carbons (Fsp3) is 0.0206. The number of hydrogen-bond acceptors (Lipinski definition) is 7. The summed E-state index contributed by atoms with van der Waals surface area (Å²) in [6.07, 6.45) is 3.62. The van der Waals surface area contributed by atoms with Gasteiger partial charge in [-0.05, 0) is 186 Å². The Balaban J connectivity index is 0.000000242. The molecule has 0 saturated heterocycles. The SMILES string of the molecule is Cc1cc(-c2ccccc2)ncc1Br.Cc1cc(Br)ncc1Br.O=CO[O-].OB(O)c1ccccc1.[H-].[K+].[K+].[Pd].c1ccc(P(c2ccccc2)c2ccccc2)cc1.c1ccc(P(c2ccccc2)c2ccccc2)cc1.c1ccc(P(c2ccccc2)c2ccccc2)cc1.c1ccc(P(c2ccccc2)c2ccccc2)cc1. The third kappa shape index (κ3) is 33.9. The molecule has 0 saturated carbocycles. The molecule has 0 bridgehead atoms. The third-order valence-electron chi connectivity index (χ3n) is 16.4. The van der Waals surface area contributed by atoms with Crippen LogP contribution >= 0.6 is 79.5 Å². The van der Waals surface area contributed by atoms with Crippen LogP contribution in [0.15, 0.2) is 463 Å². The maximum absolute atomic E-state index is 8.64. The van der Waals surface area contributed by atoms with Crippen molar-refractivity contribution in [1.29, 1.82) is 0 Å². The second kappa shape index (κ2) is 57.1. The number of aromatic nitrogens is 2. The zero-order valence-corrected chi connectivity index (χ0v) is 80.3. The minimum absolute atomic E-state index is 0. The van der Waals surface area contributed by atoms with Crippen LogP contribution in [0.3, 0.4) is 0 Å². The van der Waals surface area contributed by atoms with Gasteiger partial charge in [0.15, 0.2) is 0 Å². The van der Waals surface area contributed by atoms with E-state index in [1.807, 2.05) is 43.5 Å². The molecule has 14 aromatic carbocycles. The number of carbonyl (C=O) groups excluding carboxylic acids is 1. The second-order valence-corrected chi connectivity index (χ2v) is 35.7. The van der Waals surface area contributed by atoms with E-state index in [1.54, 1.807) is 30.5 Å². The van der Waals surface area contributed by atoms with Gasteiger partial charge >= 0.3 is 110 Å². The number of pyridine rings is 2. The van der Waals surface area contributed by atoms with Crippen molar-refractivity contribution in [1.82, 2.24) is 9.97 Å². The van der Waals surface area contributed by atoms with Gasteiger partial charge in [-0.15, -0.1) is 0 Å². The summed E-state index contributed by atoms with van der Waals surface area (Å²) in [7, 11) is -3.13. The molecule has 2 aromatic heterocycles. The Labute approximate surface area is 809 Å². The first-order valence-electron chi connectivity index (χ1n) is 35.9. The molecule has 0 atom stereocenters. The van der Waals surface area contributed by atoms with Crippen molar-refractivity contribution >= 4 is 162 Å². The number of halogens is 3. The molecule has 0 spiro atoms. The van der Waals surface area contributed by atoms with Crippen LogP contribution in [0.1, 0.15) is 12.6 Å². The van der Waals surface area contributed by atoms with E-state index < -0.39 is 38.8 Å². The minimum Gasteiger partial charge on any atom is -1.00 e. The maximum Gasteiger partial charge on any atom is 1.00 e. The third-order valence-corrected chi connectivity index (χ3v) is 28.3. The number of benzene rings is 14. The van der Waals surface area contributed by atoms with E-state index in [4.69, 9.17) is 20.1 Å². The van der Waals surface area contributed by atoms with Crippen molar-refractivity contribution in [2.75, 3.05) is 0 Å². The van der Waals surface area contributed by atoms with Crippen LogP contribution in [0.2, 0.25) is 0 Å². The Morgan fingerprint density at radius 1 is 0.313 bits per heavy atom. The van der Waals surface area contributed by atoms with Crippen LogP contribution in [0, 0.1) is 13.8 Å². The quantitative estimate of drug-likeness (QED) is 0.0262. The largest absolute Gasteiger partial charge is 1.00 e. The number of nitrogens with zero attached hydrogens (tertiary/aromatic N) is 2. The number of carbonyl (C=O) groups is 1. The van der Waals surface area contributed by atoms with Crippen LogP contribution in [0.4, 0.5) is 0 Å². The molecular formula is C97H84BBr3K2N2O5P4Pd. The molecule has 0 aliphatic heterocycles. The monoisotopic (exact) mass is 1910 g/mol. The molecule has 0 radical (unpaired) electrons. The molecule has 0 fully saturated rings. The first-order valence-corrected chi connectivity index (χ1v) is 43.6. The summed E-state index contributed by atoms with van der Waals surface area (Å²) in [4.78, 5) is 19.6. The number of rotatable bonds is 15. The van der Waals surface area contributed by atoms with E-state index in [0.717, 1.165) is 24.8 Å². The van der Waals surface area contributed by atoms with Crippen molar-refractivity contribution < 1.29 is 150 Å². The fourth-order valence-corrected chi connectivity index (χ4v) is 21.3. The molecule has 2 heterocycles. The van der Waals surface area contributed by atoms with Gasteiger partial charge in [0.1, 0.15) is 4.60 Å². The molecule has 2 N–H and O–H groups in total. The van der Waals surface area contributed by atoms with E-state index in [2.05, 4.69) is 452 Å². The molecule has 0 aliphatic carbocycles. The average molecular weight is 1920 g/mol. The summed E-state index contributed by atoms with van der Waals surface area (Å²) >= 11 is 10.0. The van der Waals surface area contributed by atoms with Crippen LogP contribution < -0.4 is 177 Å². The summed E-state index contributed by atoms with van der Waals surface area (Å²) in [5.74, 6) is 0. The predicted octanol–water partition coefficient (Wildman–Crippen LogP) is 12.4. The standard InChI is InChI=1S/4C18H15P.C12H10BrN.C6H7BO2.C6H5Br2N.CH2O3.2K.Pd.H/c4*1-4-10-16(11-5-1)19(17-12-6-2-7-13-17)18-14-8-3-9-15-18;1-9-7-12(14-8-11(9)13)10-5-3-2-4-6-10;8-7(9)6-4-2-1-3-5-6;1-4-2-6(8)9-3-5(4)7;2-1-4-3;;;;/h4*1-15H;2-8H,1H3;1-5,8-9H;2-3H,1H3;1,3H;;;;/q;;;;;;;;2*+1;;-1/p-1. The van der Waals surface area contributed by atoms with Crippen LogP contribution in [-0.2, 0) is 30.1 Å². The topological polar surface area (TPSA) is 116 Å². The molecule has 0 amide bonds. The summed E-state index contributed by atoms with van der Waals surface area (Å²) in [6, 6.07) is 152. The summed E-state index contributed by atoms with van der Waals surface area (Å²) in [5.41, 5.74) is 5.10. The van der Waals surface area contributed by atoms with Gasteiger partial charge in [-0.2, -0.15) is 0 Å². The molecule has 115 heavy (non-hydrogen) atoms. The molecule has 0 aliphatic rings. The van der Waals surface area contributed by atoms with Gasteiger partial charge in [-0.25, -0.2) is 4.98 Å². The van der Waals surface area contributed by atoms with Crippen molar-refractivity contribution in [3.63, 3.8) is 0 Å². The molecule has 16 aromatic rings. The molecule has 18 heteroatoms. The van der Waals surface area contributed by atoms with Gasteiger partial charge in [0.2, 0.25) is 0 Å². The number of aryl methyl sites for hydroxylation is 2.